The van der Waals surface area contributed by atoms with Gasteiger partial charge in [-0.1, -0.05) is 18.2 Å². The van der Waals surface area contributed by atoms with Crippen LogP contribution in [0.25, 0.3) is 0 Å². The lowest BCUT2D eigenvalue weighted by atomic mass is 10.2. The van der Waals surface area contributed by atoms with Crippen molar-refractivity contribution < 1.29 is 22.8 Å². The van der Waals surface area contributed by atoms with Crippen LogP contribution in [0, 0.1) is 17.5 Å². The molecule has 2 amide bonds. The van der Waals surface area contributed by atoms with E-state index < -0.39 is 41.4 Å². The molecule has 31 heavy (non-hydrogen) atoms. The highest BCUT2D eigenvalue weighted by molar-refractivity contribution is 5.93. The summed E-state index contributed by atoms with van der Waals surface area (Å²) in [5.74, 6) is -3.17. The molecule has 0 saturated carbocycles. The van der Waals surface area contributed by atoms with E-state index in [1.54, 1.807) is 0 Å². The third kappa shape index (κ3) is 6.05. The summed E-state index contributed by atoms with van der Waals surface area (Å²) in [6, 6.07) is 12.3. The predicted octanol–water partition coefficient (Wildman–Crippen LogP) is 2.51. The fraction of sp³-hybridized carbons (Fsp3) is 0.136. The number of amides is 2. The maximum Gasteiger partial charge on any atom is 0.268 e. The Hall–Kier alpha value is -3.88. The number of aromatic nitrogens is 1. The Morgan fingerprint density at radius 2 is 1.42 bits per heavy atom. The van der Waals surface area contributed by atoms with Gasteiger partial charge in [0.05, 0.1) is 0 Å². The van der Waals surface area contributed by atoms with Crippen LogP contribution in [-0.4, -0.2) is 16.4 Å². The maximum absolute atomic E-state index is 13.3. The van der Waals surface area contributed by atoms with Crippen LogP contribution in [0.3, 0.4) is 0 Å². The van der Waals surface area contributed by atoms with Crippen molar-refractivity contribution in [3.63, 3.8) is 0 Å². The fourth-order valence-electron chi connectivity index (χ4n) is 2.87. The topological polar surface area (TPSA) is 80.2 Å². The molecule has 1 heterocycles. The average Bonchev–Trinajstić information content (AvgIpc) is 2.72. The predicted molar refractivity (Wildman–Crippen MR) is 106 cm³/mol. The van der Waals surface area contributed by atoms with Gasteiger partial charge < -0.3 is 10.6 Å². The third-order valence-corrected chi connectivity index (χ3v) is 4.36. The zero-order valence-corrected chi connectivity index (χ0v) is 16.2. The molecule has 160 valence electrons. The van der Waals surface area contributed by atoms with Crippen molar-refractivity contribution in [1.82, 2.24) is 15.2 Å². The summed E-state index contributed by atoms with van der Waals surface area (Å²) in [6.07, 6.45) is 0. The van der Waals surface area contributed by atoms with Gasteiger partial charge in [-0.05, 0) is 41.5 Å². The molecule has 6 nitrogen and oxygen atoms in total. The Balaban J connectivity index is 1.67. The third-order valence-electron chi connectivity index (χ3n) is 4.36. The molecule has 0 aliphatic heterocycles. The van der Waals surface area contributed by atoms with E-state index in [2.05, 4.69) is 10.6 Å². The van der Waals surface area contributed by atoms with Crippen molar-refractivity contribution in [2.45, 2.75) is 19.6 Å². The van der Waals surface area contributed by atoms with Gasteiger partial charge in [-0.15, -0.1) is 0 Å². The molecule has 1 aromatic heterocycles. The lowest BCUT2D eigenvalue weighted by molar-refractivity contribution is -0.121. The van der Waals surface area contributed by atoms with Crippen LogP contribution in [0.1, 0.15) is 21.6 Å². The van der Waals surface area contributed by atoms with E-state index in [0.717, 1.165) is 16.7 Å². The number of benzene rings is 2. The monoisotopic (exact) mass is 429 g/mol. The van der Waals surface area contributed by atoms with Gasteiger partial charge in [-0.3, -0.25) is 19.0 Å². The van der Waals surface area contributed by atoms with Gasteiger partial charge in [0.15, 0.2) is 0 Å². The van der Waals surface area contributed by atoms with Gasteiger partial charge in [0, 0.05) is 25.2 Å². The van der Waals surface area contributed by atoms with Crippen LogP contribution in [0.5, 0.6) is 0 Å². The van der Waals surface area contributed by atoms with Crippen molar-refractivity contribution in [3.05, 3.63) is 105 Å². The molecular weight excluding hydrogens is 411 g/mol. The molecule has 3 aromatic rings. The number of halogens is 3. The summed E-state index contributed by atoms with van der Waals surface area (Å²) in [4.78, 5) is 37.0. The van der Waals surface area contributed by atoms with Crippen molar-refractivity contribution in [2.24, 2.45) is 0 Å². The molecule has 0 spiro atoms. The largest absolute Gasteiger partial charge is 0.350 e. The lowest BCUT2D eigenvalue weighted by Crippen LogP contribution is -2.36. The first-order valence-corrected chi connectivity index (χ1v) is 9.26. The van der Waals surface area contributed by atoms with E-state index in [0.29, 0.717) is 11.6 Å². The number of carbonyl (C=O) groups is 2. The Labute approximate surface area is 175 Å². The Kier molecular flexibility index (Phi) is 6.86. The molecule has 0 aliphatic rings. The lowest BCUT2D eigenvalue weighted by Gasteiger charge is -2.13. The second-order valence-corrected chi connectivity index (χ2v) is 6.70. The van der Waals surface area contributed by atoms with Gasteiger partial charge in [0.25, 0.3) is 11.5 Å². The molecule has 9 heteroatoms. The minimum Gasteiger partial charge on any atom is -0.350 e. The summed E-state index contributed by atoms with van der Waals surface area (Å²) in [5.41, 5.74) is 0.214. The minimum absolute atomic E-state index is 0.0821. The summed E-state index contributed by atoms with van der Waals surface area (Å²) < 4.78 is 40.5. The van der Waals surface area contributed by atoms with E-state index in [1.807, 2.05) is 0 Å². The van der Waals surface area contributed by atoms with E-state index in [9.17, 15) is 27.6 Å². The van der Waals surface area contributed by atoms with Crippen LogP contribution in [-0.2, 0) is 24.4 Å². The SMILES string of the molecule is O=C(Cn1c(C(=O)NCc2cc(F)cc(F)c2)cccc1=O)NCc1ccc(F)cc1. The molecule has 0 unspecified atom stereocenters. The van der Waals surface area contributed by atoms with Crippen LogP contribution < -0.4 is 16.2 Å². The molecule has 0 saturated heterocycles. The summed E-state index contributed by atoms with van der Waals surface area (Å²) >= 11 is 0. The van der Waals surface area contributed by atoms with Gasteiger partial charge >= 0.3 is 0 Å². The number of pyridine rings is 1. The number of carbonyl (C=O) groups excluding carboxylic acids is 2. The minimum atomic E-state index is -0.779. The molecule has 0 atom stereocenters. The molecule has 0 aliphatic carbocycles. The van der Waals surface area contributed by atoms with Crippen LogP contribution in [0.2, 0.25) is 0 Å². The van der Waals surface area contributed by atoms with Crippen molar-refractivity contribution in [3.8, 4) is 0 Å². The molecule has 0 bridgehead atoms. The smallest absolute Gasteiger partial charge is 0.268 e. The van der Waals surface area contributed by atoms with Crippen LogP contribution in [0.4, 0.5) is 13.2 Å². The summed E-state index contributed by atoms with van der Waals surface area (Å²) in [6.45, 7) is -0.473. The highest BCUT2D eigenvalue weighted by atomic mass is 19.1. The number of nitrogens with zero attached hydrogens (tertiary/aromatic N) is 1. The van der Waals surface area contributed by atoms with Gasteiger partial charge in [-0.2, -0.15) is 0 Å². The normalized spacial score (nSPS) is 10.5. The molecule has 0 radical (unpaired) electrons. The zero-order valence-electron chi connectivity index (χ0n) is 16.2. The highest BCUT2D eigenvalue weighted by Crippen LogP contribution is 2.08. The first-order valence-electron chi connectivity index (χ1n) is 9.26. The fourth-order valence-corrected chi connectivity index (χ4v) is 2.87. The molecule has 2 N–H and O–H groups in total. The highest BCUT2D eigenvalue weighted by Gasteiger charge is 2.15. The summed E-state index contributed by atoms with van der Waals surface area (Å²) in [5, 5.41) is 5.07. The van der Waals surface area contributed by atoms with E-state index in [1.165, 1.54) is 42.5 Å². The Bertz CT molecular complexity index is 1140. The van der Waals surface area contributed by atoms with E-state index >= 15 is 0 Å². The first-order chi connectivity index (χ1) is 14.8. The quantitative estimate of drug-likeness (QED) is 0.606. The molecular formula is C22H18F3N3O3. The van der Waals surface area contributed by atoms with Crippen LogP contribution in [0.15, 0.2) is 65.5 Å². The standard InChI is InChI=1S/C22H18F3N3O3/c23-16-6-4-14(5-7-16)11-26-20(29)13-28-19(2-1-3-21(28)30)22(31)27-12-15-8-17(24)10-18(25)9-15/h1-10H,11-13H2,(H,26,29)(H,27,31). The number of rotatable bonds is 7. The molecule has 0 fully saturated rings. The molecule has 3 rings (SSSR count). The Morgan fingerprint density at radius 1 is 0.774 bits per heavy atom. The number of hydrogen-bond donors (Lipinski definition) is 2. The Morgan fingerprint density at radius 3 is 2.10 bits per heavy atom. The zero-order chi connectivity index (χ0) is 22.4. The average molecular weight is 429 g/mol. The molecule has 2 aromatic carbocycles. The number of nitrogens with one attached hydrogen (secondary N) is 2. The second kappa shape index (κ2) is 9.75. The van der Waals surface area contributed by atoms with Crippen LogP contribution >= 0.6 is 0 Å². The maximum atomic E-state index is 13.3. The second-order valence-electron chi connectivity index (χ2n) is 6.70. The first kappa shape index (κ1) is 21.8. The van der Waals surface area contributed by atoms with Crippen molar-refractivity contribution >= 4 is 11.8 Å². The number of hydrogen-bond acceptors (Lipinski definition) is 3. The summed E-state index contributed by atoms with van der Waals surface area (Å²) in [7, 11) is 0. The van der Waals surface area contributed by atoms with Gasteiger partial charge in [-0.25, -0.2) is 13.2 Å². The van der Waals surface area contributed by atoms with E-state index in [4.69, 9.17) is 0 Å². The van der Waals surface area contributed by atoms with Crippen molar-refractivity contribution in [2.75, 3.05) is 0 Å². The van der Waals surface area contributed by atoms with Crippen molar-refractivity contribution in [1.29, 1.82) is 0 Å². The van der Waals surface area contributed by atoms with E-state index in [-0.39, 0.29) is 24.3 Å². The van der Waals surface area contributed by atoms with Gasteiger partial charge in [0.2, 0.25) is 5.91 Å². The van der Waals surface area contributed by atoms with Gasteiger partial charge in [0.1, 0.15) is 29.7 Å².